The van der Waals surface area contributed by atoms with E-state index in [0.29, 0.717) is 12.7 Å². The minimum atomic E-state index is -0.207. The molecule has 10 heavy (non-hydrogen) atoms. The molecule has 0 bridgehead atoms. The Bertz CT molecular complexity index is 109. The van der Waals surface area contributed by atoms with Crippen molar-refractivity contribution in [1.29, 1.82) is 0 Å². The lowest BCUT2D eigenvalue weighted by atomic mass is 10.5. The Morgan fingerprint density at radius 2 is 2.60 bits per heavy atom. The molecule has 58 valence electrons. The van der Waals surface area contributed by atoms with Crippen LogP contribution in [0, 0.1) is 0 Å². The maximum absolute atomic E-state index is 5.19. The third-order valence-electron chi connectivity index (χ3n) is 1.21. The van der Waals surface area contributed by atoms with E-state index in [1.165, 1.54) is 6.26 Å². The van der Waals surface area contributed by atoms with Gasteiger partial charge in [-0.2, -0.15) is 0 Å². The second-order valence-corrected chi connectivity index (χ2v) is 2.16. The van der Waals surface area contributed by atoms with Gasteiger partial charge in [-0.25, -0.2) is 0 Å². The monoisotopic (exact) mass is 144 g/mol. The van der Waals surface area contributed by atoms with Crippen molar-refractivity contribution in [2.45, 2.75) is 19.3 Å². The molecule has 1 fully saturated rings. The lowest BCUT2D eigenvalue weighted by Crippen LogP contribution is -2.13. The quantitative estimate of drug-likeness (QED) is 0.326. The van der Waals surface area contributed by atoms with Crippen molar-refractivity contribution < 1.29 is 14.2 Å². The van der Waals surface area contributed by atoms with E-state index in [0.717, 1.165) is 6.61 Å². The summed E-state index contributed by atoms with van der Waals surface area (Å²) in [4.78, 5) is 0. The molecule has 0 aromatic rings. The first-order chi connectivity index (χ1) is 4.83. The van der Waals surface area contributed by atoms with Gasteiger partial charge in [-0.1, -0.05) is 6.58 Å². The fraction of sp³-hybridized carbons (Fsp3) is 0.714. The van der Waals surface area contributed by atoms with E-state index in [1.807, 2.05) is 6.92 Å². The van der Waals surface area contributed by atoms with Crippen LogP contribution in [0.3, 0.4) is 0 Å². The first-order valence-electron chi connectivity index (χ1n) is 3.32. The highest BCUT2D eigenvalue weighted by molar-refractivity contribution is 4.67. The van der Waals surface area contributed by atoms with Crippen molar-refractivity contribution in [3.05, 3.63) is 12.8 Å². The van der Waals surface area contributed by atoms with E-state index in [9.17, 15) is 0 Å². The van der Waals surface area contributed by atoms with E-state index in [1.54, 1.807) is 0 Å². The van der Waals surface area contributed by atoms with Crippen molar-refractivity contribution >= 4 is 0 Å². The van der Waals surface area contributed by atoms with Gasteiger partial charge in [0.15, 0.2) is 6.29 Å². The lowest BCUT2D eigenvalue weighted by molar-refractivity contribution is -0.0959. The predicted molar refractivity (Wildman–Crippen MR) is 36.4 cm³/mol. The Kier molecular flexibility index (Phi) is 2.71. The fourth-order valence-electron chi connectivity index (χ4n) is 0.582. The van der Waals surface area contributed by atoms with Crippen LogP contribution in [0.25, 0.3) is 0 Å². The highest BCUT2D eigenvalue weighted by atomic mass is 16.7. The molecule has 1 aliphatic rings. The average Bonchev–Trinajstić information content (AvgIpc) is 2.67. The van der Waals surface area contributed by atoms with E-state index in [4.69, 9.17) is 14.2 Å². The fourth-order valence-corrected chi connectivity index (χ4v) is 0.582. The molecule has 3 heteroatoms. The van der Waals surface area contributed by atoms with E-state index in [2.05, 4.69) is 6.58 Å². The molecular formula is C7H12O3. The van der Waals surface area contributed by atoms with Crippen LogP contribution in [0.2, 0.25) is 0 Å². The molecule has 0 spiro atoms. The van der Waals surface area contributed by atoms with E-state index in [-0.39, 0.29) is 6.29 Å². The number of epoxide rings is 1. The predicted octanol–water partition coefficient (Wildman–Crippen LogP) is 0.908. The van der Waals surface area contributed by atoms with Gasteiger partial charge < -0.3 is 14.2 Å². The van der Waals surface area contributed by atoms with Crippen LogP contribution in [0.5, 0.6) is 0 Å². The van der Waals surface area contributed by atoms with Gasteiger partial charge in [0.25, 0.3) is 0 Å². The van der Waals surface area contributed by atoms with Crippen LogP contribution >= 0.6 is 0 Å². The van der Waals surface area contributed by atoms with Crippen LogP contribution < -0.4 is 0 Å². The maximum atomic E-state index is 5.19. The molecule has 1 saturated heterocycles. The van der Waals surface area contributed by atoms with E-state index >= 15 is 0 Å². The molecule has 0 aromatic heterocycles. The second kappa shape index (κ2) is 3.58. The van der Waals surface area contributed by atoms with Gasteiger partial charge in [-0.15, -0.1) is 0 Å². The highest BCUT2D eigenvalue weighted by Gasteiger charge is 2.23. The maximum Gasteiger partial charge on any atom is 0.196 e. The number of hydrogen-bond acceptors (Lipinski definition) is 3. The topological polar surface area (TPSA) is 31.0 Å². The molecule has 0 aromatic carbocycles. The molecule has 3 nitrogen and oxygen atoms in total. The Labute approximate surface area is 60.6 Å². The molecule has 1 rings (SSSR count). The molecule has 2 unspecified atom stereocenters. The molecule has 0 radical (unpaired) electrons. The smallest absolute Gasteiger partial charge is 0.196 e. The van der Waals surface area contributed by atoms with Crippen LogP contribution in [0.1, 0.15) is 6.92 Å². The van der Waals surface area contributed by atoms with Crippen LogP contribution in [0.15, 0.2) is 12.8 Å². The van der Waals surface area contributed by atoms with Gasteiger partial charge in [0, 0.05) is 0 Å². The molecular weight excluding hydrogens is 132 g/mol. The lowest BCUT2D eigenvalue weighted by Gasteiger charge is -2.10. The Morgan fingerprint density at radius 3 is 3.10 bits per heavy atom. The molecule has 1 aliphatic heterocycles. The number of hydrogen-bond donors (Lipinski definition) is 0. The number of ether oxygens (including phenoxy) is 3. The zero-order chi connectivity index (χ0) is 7.40. The largest absolute Gasteiger partial charge is 0.473 e. The average molecular weight is 144 g/mol. The summed E-state index contributed by atoms with van der Waals surface area (Å²) in [5, 5.41) is 0. The third-order valence-corrected chi connectivity index (χ3v) is 1.21. The van der Waals surface area contributed by atoms with Gasteiger partial charge in [-0.05, 0) is 6.92 Å². The molecule has 0 saturated carbocycles. The summed E-state index contributed by atoms with van der Waals surface area (Å²) in [7, 11) is 0. The van der Waals surface area contributed by atoms with Crippen molar-refractivity contribution in [2.75, 3.05) is 13.2 Å². The number of rotatable bonds is 5. The van der Waals surface area contributed by atoms with Gasteiger partial charge in [-0.3, -0.25) is 0 Å². The summed E-state index contributed by atoms with van der Waals surface area (Å²) in [6.45, 7) is 6.67. The Morgan fingerprint density at radius 1 is 1.90 bits per heavy atom. The summed E-state index contributed by atoms with van der Waals surface area (Å²) in [6.07, 6.45) is 1.47. The van der Waals surface area contributed by atoms with Crippen LogP contribution in [-0.4, -0.2) is 25.6 Å². The molecule has 0 aliphatic carbocycles. The van der Waals surface area contributed by atoms with E-state index < -0.39 is 0 Å². The van der Waals surface area contributed by atoms with Gasteiger partial charge in [0.05, 0.1) is 19.5 Å². The van der Waals surface area contributed by atoms with Crippen LogP contribution in [0.4, 0.5) is 0 Å². The molecule has 0 amide bonds. The van der Waals surface area contributed by atoms with Crippen molar-refractivity contribution in [1.82, 2.24) is 0 Å². The normalized spacial score (nSPS) is 25.5. The summed E-state index contributed by atoms with van der Waals surface area (Å²) >= 11 is 0. The first-order valence-corrected chi connectivity index (χ1v) is 3.32. The second-order valence-electron chi connectivity index (χ2n) is 2.16. The van der Waals surface area contributed by atoms with Gasteiger partial charge in [0.1, 0.15) is 6.10 Å². The van der Waals surface area contributed by atoms with Crippen molar-refractivity contribution in [3.8, 4) is 0 Å². The zero-order valence-corrected chi connectivity index (χ0v) is 6.08. The Balaban J connectivity index is 1.93. The summed E-state index contributed by atoms with van der Waals surface area (Å²) in [5.41, 5.74) is 0. The molecule has 0 N–H and O–H groups in total. The SMILES string of the molecule is C=COC(C)OCC1CO1. The zero-order valence-electron chi connectivity index (χ0n) is 6.08. The van der Waals surface area contributed by atoms with Gasteiger partial charge >= 0.3 is 0 Å². The minimum Gasteiger partial charge on any atom is -0.473 e. The third kappa shape index (κ3) is 2.85. The van der Waals surface area contributed by atoms with Gasteiger partial charge in [0.2, 0.25) is 0 Å². The molecule has 2 atom stereocenters. The summed E-state index contributed by atoms with van der Waals surface area (Å²) in [6, 6.07) is 0. The summed E-state index contributed by atoms with van der Waals surface area (Å²) in [5.74, 6) is 0. The Hall–Kier alpha value is -0.540. The highest BCUT2D eigenvalue weighted by Crippen LogP contribution is 2.09. The van der Waals surface area contributed by atoms with Crippen molar-refractivity contribution in [3.63, 3.8) is 0 Å². The van der Waals surface area contributed by atoms with Crippen molar-refractivity contribution in [2.24, 2.45) is 0 Å². The standard InChI is InChI=1S/C7H12O3/c1-3-8-6(2)9-4-7-5-10-7/h3,6-7H,1,4-5H2,2H3. The van der Waals surface area contributed by atoms with Crippen LogP contribution in [-0.2, 0) is 14.2 Å². The molecule has 1 heterocycles. The first kappa shape index (κ1) is 7.57. The minimum absolute atomic E-state index is 0.207. The summed E-state index contributed by atoms with van der Waals surface area (Å²) < 4.78 is 15.0.